The fourth-order valence-electron chi connectivity index (χ4n) is 2.97. The molecule has 0 amide bonds. The number of fused-ring (bicyclic) bond motifs is 1. The lowest BCUT2D eigenvalue weighted by molar-refractivity contribution is -0.145. The highest BCUT2D eigenvalue weighted by molar-refractivity contribution is 7.50. The molecule has 9 N–H and O–H groups in total. The molecule has 5 atom stereocenters. The van der Waals surface area contributed by atoms with Gasteiger partial charge in [-0.3, -0.25) is 18.7 Å². The van der Waals surface area contributed by atoms with E-state index in [1.165, 1.54) is 10.9 Å². The Hall–Kier alpha value is -2.88. The maximum absolute atomic E-state index is 12.1. The van der Waals surface area contributed by atoms with Gasteiger partial charge < -0.3 is 36.4 Å². The van der Waals surface area contributed by atoms with E-state index < -0.39 is 57.2 Å². The third-order valence-corrected chi connectivity index (χ3v) is 5.53. The van der Waals surface area contributed by atoms with Crippen molar-refractivity contribution in [3.63, 3.8) is 0 Å². The molecule has 1 aliphatic heterocycles. The molecule has 170 valence electrons. The van der Waals surface area contributed by atoms with Crippen LogP contribution in [0.3, 0.4) is 0 Å². The number of hydrogen-bond acceptors (Lipinski definition) is 11. The number of hydrogen-bond donors (Lipinski definition) is 7. The highest BCUT2D eigenvalue weighted by atomic mass is 31.2. The Morgan fingerprint density at radius 2 is 2.10 bits per heavy atom. The Morgan fingerprint density at radius 3 is 2.74 bits per heavy atom. The van der Waals surface area contributed by atoms with Crippen LogP contribution < -0.4 is 16.6 Å². The van der Waals surface area contributed by atoms with E-state index in [2.05, 4.69) is 15.0 Å². The predicted molar refractivity (Wildman–Crippen MR) is 101 cm³/mol. The summed E-state index contributed by atoms with van der Waals surface area (Å²) in [4.78, 5) is 43.5. The van der Waals surface area contributed by atoms with E-state index in [1.807, 2.05) is 0 Å². The molecule has 1 saturated heterocycles. The van der Waals surface area contributed by atoms with Gasteiger partial charge in [0.25, 0.3) is 0 Å². The van der Waals surface area contributed by atoms with E-state index in [0.717, 1.165) is 0 Å². The second-order valence-electron chi connectivity index (χ2n) is 6.66. The molecule has 1 aliphatic rings. The van der Waals surface area contributed by atoms with Crippen molar-refractivity contribution in [1.82, 2.24) is 24.6 Å². The SMILES string of the molecule is Nc1nc(N)c2ncn([C@H]3C[C@H](O)[C@@H](COP(=O)(O)N[C@H](CC(=O)O)C(=O)O)O3)c2n1. The predicted octanol–water partition coefficient (Wildman–Crippen LogP) is -1.73. The van der Waals surface area contributed by atoms with Gasteiger partial charge in [0, 0.05) is 6.42 Å². The van der Waals surface area contributed by atoms with Crippen LogP contribution in [0.15, 0.2) is 6.33 Å². The van der Waals surface area contributed by atoms with Gasteiger partial charge in [0.1, 0.15) is 23.9 Å². The number of ether oxygens (including phenoxy) is 1. The molecule has 17 heteroatoms. The number of nitrogens with one attached hydrogen (secondary N) is 1. The lowest BCUT2D eigenvalue weighted by Gasteiger charge is -2.20. The minimum Gasteiger partial charge on any atom is -0.481 e. The molecule has 3 heterocycles. The van der Waals surface area contributed by atoms with E-state index in [9.17, 15) is 24.2 Å². The number of anilines is 2. The number of carbonyl (C=O) groups is 2. The topological polar surface area (TPSA) is 258 Å². The van der Waals surface area contributed by atoms with Crippen molar-refractivity contribution in [1.29, 1.82) is 0 Å². The van der Waals surface area contributed by atoms with E-state index in [4.69, 9.17) is 30.9 Å². The first-order valence-corrected chi connectivity index (χ1v) is 10.3. The number of nitrogens with zero attached hydrogens (tertiary/aromatic N) is 4. The first-order chi connectivity index (χ1) is 14.5. The second kappa shape index (κ2) is 8.70. The number of aliphatic carboxylic acids is 2. The van der Waals surface area contributed by atoms with Gasteiger partial charge in [0.15, 0.2) is 11.5 Å². The van der Waals surface area contributed by atoms with Crippen molar-refractivity contribution >= 4 is 42.6 Å². The van der Waals surface area contributed by atoms with Crippen molar-refractivity contribution in [3.05, 3.63) is 6.33 Å². The van der Waals surface area contributed by atoms with Crippen LogP contribution in [-0.4, -0.2) is 76.5 Å². The van der Waals surface area contributed by atoms with Crippen molar-refractivity contribution in [2.75, 3.05) is 18.1 Å². The van der Waals surface area contributed by atoms with Crippen LogP contribution >= 0.6 is 7.75 Å². The summed E-state index contributed by atoms with van der Waals surface area (Å²) in [5, 5.41) is 29.6. The number of aliphatic hydroxyl groups is 1. The summed E-state index contributed by atoms with van der Waals surface area (Å²) < 4.78 is 24.0. The second-order valence-corrected chi connectivity index (χ2v) is 8.21. The Balaban J connectivity index is 1.66. The fraction of sp³-hybridized carbons (Fsp3) is 0.500. The molecule has 2 aromatic heterocycles. The summed E-state index contributed by atoms with van der Waals surface area (Å²) in [6.07, 6.45) is -2.51. The third-order valence-electron chi connectivity index (χ3n) is 4.39. The molecular formula is C14H20N7O9P. The van der Waals surface area contributed by atoms with Gasteiger partial charge in [-0.1, -0.05) is 0 Å². The fourth-order valence-corrected chi connectivity index (χ4v) is 3.99. The Bertz CT molecular complexity index is 1050. The molecule has 16 nitrogen and oxygen atoms in total. The largest absolute Gasteiger partial charge is 0.481 e. The first-order valence-electron chi connectivity index (χ1n) is 8.75. The van der Waals surface area contributed by atoms with E-state index in [0.29, 0.717) is 0 Å². The van der Waals surface area contributed by atoms with Crippen molar-refractivity contribution < 1.29 is 43.6 Å². The van der Waals surface area contributed by atoms with Gasteiger partial charge >= 0.3 is 19.7 Å². The molecule has 0 aromatic carbocycles. The molecule has 1 unspecified atom stereocenters. The Kier molecular flexibility index (Phi) is 6.40. The smallest absolute Gasteiger partial charge is 0.403 e. The van der Waals surface area contributed by atoms with Crippen LogP contribution in [0.5, 0.6) is 0 Å². The minimum atomic E-state index is -4.73. The quantitative estimate of drug-likeness (QED) is 0.205. The molecule has 0 bridgehead atoms. The number of carboxylic acid groups (broad SMARTS) is 2. The number of rotatable bonds is 9. The molecule has 3 rings (SSSR count). The Labute approximate surface area is 173 Å². The average Bonchev–Trinajstić information content (AvgIpc) is 3.22. The first kappa shape index (κ1) is 22.8. The van der Waals surface area contributed by atoms with Crippen LogP contribution in [-0.2, 0) is 23.4 Å². The molecule has 0 spiro atoms. The number of carboxylic acids is 2. The van der Waals surface area contributed by atoms with Crippen molar-refractivity contribution in [3.8, 4) is 0 Å². The molecule has 31 heavy (non-hydrogen) atoms. The normalized spacial score (nSPS) is 24.1. The van der Waals surface area contributed by atoms with Gasteiger partial charge in [0.2, 0.25) is 5.95 Å². The van der Waals surface area contributed by atoms with Crippen LogP contribution in [0.4, 0.5) is 11.8 Å². The lowest BCUT2D eigenvalue weighted by atomic mass is 10.2. The number of nitrogen functional groups attached to an aromatic ring is 2. The Morgan fingerprint density at radius 1 is 1.39 bits per heavy atom. The van der Waals surface area contributed by atoms with E-state index in [-0.39, 0.29) is 29.4 Å². The molecule has 0 saturated carbocycles. The van der Waals surface area contributed by atoms with Crippen molar-refractivity contribution in [2.45, 2.75) is 37.3 Å². The van der Waals surface area contributed by atoms with Crippen LogP contribution in [0.2, 0.25) is 0 Å². The molecule has 2 aromatic rings. The summed E-state index contributed by atoms with van der Waals surface area (Å²) in [5.41, 5.74) is 11.9. The highest BCUT2D eigenvalue weighted by Crippen LogP contribution is 2.40. The van der Waals surface area contributed by atoms with E-state index in [1.54, 1.807) is 5.09 Å². The number of imidazole rings is 1. The monoisotopic (exact) mass is 461 g/mol. The van der Waals surface area contributed by atoms with Crippen molar-refractivity contribution in [2.24, 2.45) is 0 Å². The maximum atomic E-state index is 12.1. The molecule has 0 radical (unpaired) electrons. The van der Waals surface area contributed by atoms with Gasteiger partial charge in [0.05, 0.1) is 25.5 Å². The van der Waals surface area contributed by atoms with Gasteiger partial charge in [-0.05, 0) is 0 Å². The molecule has 0 aliphatic carbocycles. The van der Waals surface area contributed by atoms with Gasteiger partial charge in [-0.15, -0.1) is 0 Å². The van der Waals surface area contributed by atoms with Gasteiger partial charge in [-0.25, -0.2) is 14.6 Å². The van der Waals surface area contributed by atoms with E-state index >= 15 is 0 Å². The maximum Gasteiger partial charge on any atom is 0.403 e. The summed E-state index contributed by atoms with van der Waals surface area (Å²) in [6, 6.07) is -1.86. The third kappa shape index (κ3) is 5.25. The average molecular weight is 461 g/mol. The zero-order valence-electron chi connectivity index (χ0n) is 15.7. The summed E-state index contributed by atoms with van der Waals surface area (Å²) in [6.45, 7) is -0.594. The van der Waals surface area contributed by atoms with Crippen LogP contribution in [0.1, 0.15) is 19.1 Å². The molecular weight excluding hydrogens is 441 g/mol. The zero-order chi connectivity index (χ0) is 22.9. The summed E-state index contributed by atoms with van der Waals surface area (Å²) in [7, 11) is -4.73. The summed E-state index contributed by atoms with van der Waals surface area (Å²) >= 11 is 0. The molecule has 1 fully saturated rings. The highest BCUT2D eigenvalue weighted by Gasteiger charge is 2.38. The van der Waals surface area contributed by atoms with Crippen LogP contribution in [0, 0.1) is 0 Å². The zero-order valence-corrected chi connectivity index (χ0v) is 16.6. The lowest BCUT2D eigenvalue weighted by Crippen LogP contribution is -2.37. The number of aromatic nitrogens is 4. The summed E-state index contributed by atoms with van der Waals surface area (Å²) in [5.74, 6) is -3.17. The standard InChI is InChI=1S/C14H20N7O9P/c15-11-10-12(19-14(16)18-11)21(4-17-10)8-2-6(22)7(30-8)3-29-31(27,28)20-5(13(25)26)1-9(23)24/h4-8,22H,1-3H2,(H,23,24)(H,25,26)(H2,20,27,28)(H4,15,16,18,19)/t5-,6+,7-,8-/m1/s1. The number of nitrogens with two attached hydrogens (primary N) is 2. The van der Waals surface area contributed by atoms with Crippen LogP contribution in [0.25, 0.3) is 11.2 Å². The van der Waals surface area contributed by atoms with Gasteiger partial charge in [-0.2, -0.15) is 9.97 Å². The minimum absolute atomic E-state index is 0.0449. The number of aliphatic hydroxyl groups excluding tert-OH is 1.